The molecule has 3 rings (SSSR count). The molecule has 0 saturated heterocycles. The van der Waals surface area contributed by atoms with Gasteiger partial charge in [-0.05, 0) is 0 Å². The standard InChI is InChI=1S/C15H10ClN5O/c16-6-12(22)20-13-10-8-18-14(9-4-2-1-3-5-9)21-15(10)19-11(13)7-17/h1-5,8H,6H2,(H,20,22)(H,18,19,21). The van der Waals surface area contributed by atoms with E-state index in [0.717, 1.165) is 5.56 Å². The number of aromatic nitrogens is 3. The number of hydrogen-bond donors (Lipinski definition) is 2. The van der Waals surface area contributed by atoms with Gasteiger partial charge in [-0.2, -0.15) is 5.26 Å². The first-order valence-corrected chi connectivity index (χ1v) is 6.96. The van der Waals surface area contributed by atoms with Crippen molar-refractivity contribution >= 4 is 34.2 Å². The number of nitriles is 1. The molecule has 0 aliphatic rings. The van der Waals surface area contributed by atoms with Crippen molar-refractivity contribution in [2.45, 2.75) is 0 Å². The Morgan fingerprint density at radius 2 is 2.14 bits per heavy atom. The van der Waals surface area contributed by atoms with Crippen molar-refractivity contribution in [3.63, 3.8) is 0 Å². The summed E-state index contributed by atoms with van der Waals surface area (Å²) in [7, 11) is 0. The Balaban J connectivity index is 2.11. The average Bonchev–Trinajstić information content (AvgIpc) is 2.92. The SMILES string of the molecule is N#Cc1[nH]c2nc(-c3ccccc3)ncc2c1NC(=O)CCl. The summed E-state index contributed by atoms with van der Waals surface area (Å²) in [5.41, 5.74) is 1.91. The number of aromatic amines is 1. The number of nitrogens with zero attached hydrogens (tertiary/aromatic N) is 3. The quantitative estimate of drug-likeness (QED) is 0.727. The second-order valence-electron chi connectivity index (χ2n) is 4.49. The van der Waals surface area contributed by atoms with Gasteiger partial charge in [-0.1, -0.05) is 30.3 Å². The van der Waals surface area contributed by atoms with Gasteiger partial charge in [-0.15, -0.1) is 11.6 Å². The molecule has 0 aliphatic heterocycles. The highest BCUT2D eigenvalue weighted by molar-refractivity contribution is 6.29. The molecule has 3 aromatic rings. The third-order valence-electron chi connectivity index (χ3n) is 3.08. The number of carbonyl (C=O) groups is 1. The van der Waals surface area contributed by atoms with Crippen molar-refractivity contribution < 1.29 is 4.79 Å². The molecule has 0 fully saturated rings. The molecule has 0 atom stereocenters. The first-order chi connectivity index (χ1) is 10.7. The molecule has 0 unspecified atom stereocenters. The second kappa shape index (κ2) is 5.84. The molecule has 0 radical (unpaired) electrons. The predicted molar refractivity (Wildman–Crippen MR) is 83.4 cm³/mol. The van der Waals surface area contributed by atoms with E-state index in [-0.39, 0.29) is 11.6 Å². The normalized spacial score (nSPS) is 10.4. The lowest BCUT2D eigenvalue weighted by Gasteiger charge is -2.02. The van der Waals surface area contributed by atoms with Crippen LogP contribution in [-0.2, 0) is 4.79 Å². The number of nitrogens with one attached hydrogen (secondary N) is 2. The van der Waals surface area contributed by atoms with Crippen molar-refractivity contribution in [2.75, 3.05) is 11.2 Å². The first kappa shape index (κ1) is 14.0. The summed E-state index contributed by atoms with van der Waals surface area (Å²) in [6, 6.07) is 11.5. The fourth-order valence-electron chi connectivity index (χ4n) is 2.09. The minimum absolute atomic E-state index is 0.194. The maximum atomic E-state index is 11.5. The lowest BCUT2D eigenvalue weighted by molar-refractivity contribution is -0.113. The van der Waals surface area contributed by atoms with Crippen molar-refractivity contribution in [1.82, 2.24) is 15.0 Å². The minimum Gasteiger partial charge on any atom is -0.329 e. The van der Waals surface area contributed by atoms with E-state index < -0.39 is 5.91 Å². The number of anilines is 1. The van der Waals surface area contributed by atoms with Gasteiger partial charge in [0.1, 0.15) is 23.3 Å². The van der Waals surface area contributed by atoms with Gasteiger partial charge >= 0.3 is 0 Å². The highest BCUT2D eigenvalue weighted by atomic mass is 35.5. The zero-order valence-electron chi connectivity index (χ0n) is 11.3. The van der Waals surface area contributed by atoms with Gasteiger partial charge in [0.25, 0.3) is 0 Å². The lowest BCUT2D eigenvalue weighted by Crippen LogP contribution is -2.13. The van der Waals surface area contributed by atoms with E-state index in [4.69, 9.17) is 11.6 Å². The summed E-state index contributed by atoms with van der Waals surface area (Å²) in [5, 5.41) is 12.3. The predicted octanol–water partition coefficient (Wildman–Crippen LogP) is 2.67. The van der Waals surface area contributed by atoms with Crippen LogP contribution in [0.1, 0.15) is 5.69 Å². The van der Waals surface area contributed by atoms with Crippen LogP contribution in [0.4, 0.5) is 5.69 Å². The topological polar surface area (TPSA) is 94.5 Å². The minimum atomic E-state index is -0.397. The fraction of sp³-hybridized carbons (Fsp3) is 0.0667. The Morgan fingerprint density at radius 3 is 2.82 bits per heavy atom. The van der Waals surface area contributed by atoms with Gasteiger partial charge in [0.2, 0.25) is 5.91 Å². The van der Waals surface area contributed by atoms with Crippen LogP contribution in [0, 0.1) is 11.3 Å². The van der Waals surface area contributed by atoms with Crippen LogP contribution in [-0.4, -0.2) is 26.7 Å². The van der Waals surface area contributed by atoms with Crippen LogP contribution in [0.2, 0.25) is 0 Å². The Hall–Kier alpha value is -2.91. The highest BCUT2D eigenvalue weighted by Crippen LogP contribution is 2.27. The van der Waals surface area contributed by atoms with Crippen molar-refractivity contribution in [3.8, 4) is 17.5 Å². The first-order valence-electron chi connectivity index (χ1n) is 6.43. The van der Waals surface area contributed by atoms with Crippen LogP contribution in [0.3, 0.4) is 0 Å². The van der Waals surface area contributed by atoms with Crippen LogP contribution in [0.5, 0.6) is 0 Å². The average molecular weight is 312 g/mol. The zero-order chi connectivity index (χ0) is 15.5. The van der Waals surface area contributed by atoms with Gasteiger partial charge in [-0.3, -0.25) is 4.79 Å². The third-order valence-corrected chi connectivity index (χ3v) is 3.32. The zero-order valence-corrected chi connectivity index (χ0v) is 12.1. The number of alkyl halides is 1. The number of halogens is 1. The molecular formula is C15H10ClN5O. The molecule has 2 heterocycles. The summed E-state index contributed by atoms with van der Waals surface area (Å²) in [4.78, 5) is 23.1. The summed E-state index contributed by atoms with van der Waals surface area (Å²) < 4.78 is 0. The number of amides is 1. The van der Waals surface area contributed by atoms with E-state index in [1.165, 1.54) is 0 Å². The van der Waals surface area contributed by atoms with Crippen LogP contribution < -0.4 is 5.32 Å². The summed E-state index contributed by atoms with van der Waals surface area (Å²) >= 11 is 5.48. The van der Waals surface area contributed by atoms with Gasteiger partial charge < -0.3 is 10.3 Å². The van der Waals surface area contributed by atoms with Crippen LogP contribution in [0.15, 0.2) is 36.5 Å². The van der Waals surface area contributed by atoms with Crippen LogP contribution in [0.25, 0.3) is 22.4 Å². The number of hydrogen-bond acceptors (Lipinski definition) is 4. The molecular weight excluding hydrogens is 302 g/mol. The molecule has 7 heteroatoms. The molecule has 1 aromatic carbocycles. The Bertz CT molecular complexity index is 882. The highest BCUT2D eigenvalue weighted by Gasteiger charge is 2.16. The third kappa shape index (κ3) is 2.50. The van der Waals surface area contributed by atoms with E-state index >= 15 is 0 Å². The van der Waals surface area contributed by atoms with E-state index in [2.05, 4.69) is 20.3 Å². The van der Waals surface area contributed by atoms with Gasteiger partial charge in [0, 0.05) is 11.8 Å². The van der Waals surface area contributed by atoms with E-state index in [1.54, 1.807) is 6.20 Å². The van der Waals surface area contributed by atoms with E-state index in [9.17, 15) is 10.1 Å². The molecule has 0 bridgehead atoms. The summed E-state index contributed by atoms with van der Waals surface area (Å²) in [6.07, 6.45) is 1.58. The summed E-state index contributed by atoms with van der Waals surface area (Å²) in [6.45, 7) is 0. The molecule has 108 valence electrons. The molecule has 0 saturated carbocycles. The lowest BCUT2D eigenvalue weighted by atomic mass is 10.2. The second-order valence-corrected chi connectivity index (χ2v) is 4.76. The van der Waals surface area contributed by atoms with Crippen LogP contribution >= 0.6 is 11.6 Å². The molecule has 0 aliphatic carbocycles. The number of carbonyl (C=O) groups excluding carboxylic acids is 1. The van der Waals surface area contributed by atoms with E-state index in [0.29, 0.717) is 22.5 Å². The monoisotopic (exact) mass is 311 g/mol. The Kier molecular flexibility index (Phi) is 3.73. The molecule has 22 heavy (non-hydrogen) atoms. The summed E-state index contributed by atoms with van der Waals surface area (Å²) in [5.74, 6) is -0.0548. The maximum Gasteiger partial charge on any atom is 0.239 e. The largest absolute Gasteiger partial charge is 0.329 e. The van der Waals surface area contributed by atoms with Gasteiger partial charge in [-0.25, -0.2) is 9.97 Å². The van der Waals surface area contributed by atoms with Crippen molar-refractivity contribution in [2.24, 2.45) is 0 Å². The number of rotatable bonds is 3. The fourth-order valence-corrected chi connectivity index (χ4v) is 2.16. The number of benzene rings is 1. The van der Waals surface area contributed by atoms with Crippen molar-refractivity contribution in [1.29, 1.82) is 5.26 Å². The van der Waals surface area contributed by atoms with E-state index in [1.807, 2.05) is 36.4 Å². The Morgan fingerprint density at radius 1 is 1.36 bits per heavy atom. The Labute approximate surface area is 130 Å². The smallest absolute Gasteiger partial charge is 0.239 e. The maximum absolute atomic E-state index is 11.5. The molecule has 0 spiro atoms. The number of H-pyrrole nitrogens is 1. The van der Waals surface area contributed by atoms with Crippen molar-refractivity contribution in [3.05, 3.63) is 42.2 Å². The number of fused-ring (bicyclic) bond motifs is 1. The molecule has 1 amide bonds. The molecule has 2 aromatic heterocycles. The van der Waals surface area contributed by atoms with Gasteiger partial charge in [0.05, 0.1) is 11.1 Å². The molecule has 6 nitrogen and oxygen atoms in total. The van der Waals surface area contributed by atoms with Gasteiger partial charge in [0.15, 0.2) is 5.82 Å². The molecule has 2 N–H and O–H groups in total.